The minimum absolute atomic E-state index is 0.0939. The van der Waals surface area contributed by atoms with Crippen molar-refractivity contribution in [1.29, 1.82) is 0 Å². The molecule has 0 saturated heterocycles. The molecule has 0 saturated carbocycles. The summed E-state index contributed by atoms with van der Waals surface area (Å²) in [5.41, 5.74) is 0.925. The van der Waals surface area contributed by atoms with Gasteiger partial charge in [0.2, 0.25) is 0 Å². The largest absolute Gasteiger partial charge is 0.466 e. The van der Waals surface area contributed by atoms with Gasteiger partial charge < -0.3 is 10.1 Å². The van der Waals surface area contributed by atoms with E-state index in [1.807, 2.05) is 26.8 Å². The molecule has 0 aromatic carbocycles. The normalized spacial score (nSPS) is 13.9. The molecular weight excluding hydrogens is 270 g/mol. The van der Waals surface area contributed by atoms with Gasteiger partial charge in [-0.25, -0.2) is 4.98 Å². The van der Waals surface area contributed by atoms with E-state index in [1.165, 1.54) is 6.33 Å². The molecule has 114 valence electrons. The summed E-state index contributed by atoms with van der Waals surface area (Å²) in [5.74, 6) is 0.852. The molecule has 7 heteroatoms. The maximum Gasteiger partial charge on any atom is 0.310 e. The fourth-order valence-electron chi connectivity index (χ4n) is 1.98. The Balaban J connectivity index is 2.22. The minimum atomic E-state index is -0.262. The van der Waals surface area contributed by atoms with Gasteiger partial charge in [0, 0.05) is 17.8 Å². The van der Waals surface area contributed by atoms with E-state index < -0.39 is 0 Å². The van der Waals surface area contributed by atoms with Gasteiger partial charge >= 0.3 is 5.97 Å². The molecule has 2 unspecified atom stereocenters. The molecule has 0 amide bonds. The summed E-state index contributed by atoms with van der Waals surface area (Å²) in [6.45, 7) is 8.01. The van der Waals surface area contributed by atoms with Crippen molar-refractivity contribution in [1.82, 2.24) is 19.6 Å². The predicted molar refractivity (Wildman–Crippen MR) is 79.0 cm³/mol. The number of carbonyl (C=O) groups excluding carboxylic acids is 1. The molecule has 0 aliphatic heterocycles. The highest BCUT2D eigenvalue weighted by atomic mass is 16.5. The zero-order valence-electron chi connectivity index (χ0n) is 12.8. The average Bonchev–Trinajstić information content (AvgIpc) is 2.94. The number of nitrogens with one attached hydrogen (secondary N) is 1. The van der Waals surface area contributed by atoms with Crippen LogP contribution in [0.3, 0.4) is 0 Å². The SMILES string of the molecule is CCOC(=O)C(C)C(C)Nc1cc(CC)nc2ncnn12. The Labute approximate surface area is 123 Å². The fourth-order valence-corrected chi connectivity index (χ4v) is 1.98. The Morgan fingerprint density at radius 1 is 1.43 bits per heavy atom. The van der Waals surface area contributed by atoms with Gasteiger partial charge in [-0.15, -0.1) is 0 Å². The van der Waals surface area contributed by atoms with Crippen molar-refractivity contribution in [2.24, 2.45) is 5.92 Å². The Bertz CT molecular complexity index is 625. The number of carbonyl (C=O) groups is 1. The highest BCUT2D eigenvalue weighted by molar-refractivity contribution is 5.73. The zero-order valence-corrected chi connectivity index (χ0v) is 12.8. The van der Waals surface area contributed by atoms with Crippen molar-refractivity contribution >= 4 is 17.6 Å². The third kappa shape index (κ3) is 3.29. The lowest BCUT2D eigenvalue weighted by Crippen LogP contribution is -2.32. The van der Waals surface area contributed by atoms with Crippen LogP contribution in [0.25, 0.3) is 5.78 Å². The second kappa shape index (κ2) is 6.51. The molecule has 0 aliphatic rings. The summed E-state index contributed by atoms with van der Waals surface area (Å²) in [6, 6.07) is 1.83. The van der Waals surface area contributed by atoms with Crippen molar-refractivity contribution in [3.8, 4) is 0 Å². The van der Waals surface area contributed by atoms with Crippen LogP contribution >= 0.6 is 0 Å². The minimum Gasteiger partial charge on any atom is -0.466 e. The second-order valence-electron chi connectivity index (χ2n) is 4.93. The summed E-state index contributed by atoms with van der Waals surface area (Å²) in [6.07, 6.45) is 2.27. The van der Waals surface area contributed by atoms with Crippen molar-refractivity contribution < 1.29 is 9.53 Å². The van der Waals surface area contributed by atoms with Crippen molar-refractivity contribution in [3.05, 3.63) is 18.1 Å². The van der Waals surface area contributed by atoms with Gasteiger partial charge in [-0.1, -0.05) is 6.92 Å². The standard InChI is InChI=1S/C14H21N5O2/c1-5-11-7-12(19-14(18-11)15-8-16-19)17-10(4)9(3)13(20)21-6-2/h7-10,17H,5-6H2,1-4H3. The van der Waals surface area contributed by atoms with Gasteiger partial charge in [0.1, 0.15) is 12.1 Å². The Morgan fingerprint density at radius 2 is 2.19 bits per heavy atom. The zero-order chi connectivity index (χ0) is 15.4. The monoisotopic (exact) mass is 291 g/mol. The summed E-state index contributed by atoms with van der Waals surface area (Å²) < 4.78 is 6.69. The topological polar surface area (TPSA) is 81.4 Å². The quantitative estimate of drug-likeness (QED) is 0.816. The van der Waals surface area contributed by atoms with Gasteiger partial charge in [-0.2, -0.15) is 14.6 Å². The Morgan fingerprint density at radius 3 is 2.86 bits per heavy atom. The summed E-state index contributed by atoms with van der Waals surface area (Å²) in [7, 11) is 0. The van der Waals surface area contributed by atoms with Crippen LogP contribution in [0.4, 0.5) is 5.82 Å². The summed E-state index contributed by atoms with van der Waals surface area (Å²) >= 11 is 0. The molecule has 0 fully saturated rings. The molecule has 0 aliphatic carbocycles. The van der Waals surface area contributed by atoms with Crippen LogP contribution in [0.5, 0.6) is 0 Å². The van der Waals surface area contributed by atoms with Crippen LogP contribution in [0.1, 0.15) is 33.4 Å². The van der Waals surface area contributed by atoms with Crippen molar-refractivity contribution in [3.63, 3.8) is 0 Å². The molecule has 1 N–H and O–H groups in total. The second-order valence-corrected chi connectivity index (χ2v) is 4.93. The number of ether oxygens (including phenoxy) is 1. The molecule has 2 heterocycles. The summed E-state index contributed by atoms with van der Waals surface area (Å²) in [5, 5.41) is 7.46. The summed E-state index contributed by atoms with van der Waals surface area (Å²) in [4.78, 5) is 20.3. The molecule has 2 aromatic rings. The maximum absolute atomic E-state index is 11.8. The lowest BCUT2D eigenvalue weighted by molar-refractivity contribution is -0.147. The van der Waals surface area contributed by atoms with E-state index in [4.69, 9.17) is 4.74 Å². The first-order chi connectivity index (χ1) is 10.1. The van der Waals surface area contributed by atoms with Crippen molar-refractivity contribution in [2.75, 3.05) is 11.9 Å². The molecule has 0 radical (unpaired) electrons. The molecule has 21 heavy (non-hydrogen) atoms. The van der Waals surface area contributed by atoms with E-state index in [2.05, 4.69) is 20.4 Å². The molecular formula is C14H21N5O2. The maximum atomic E-state index is 11.8. The fraction of sp³-hybridized carbons (Fsp3) is 0.571. The smallest absolute Gasteiger partial charge is 0.310 e. The van der Waals surface area contributed by atoms with Gasteiger partial charge in [0.15, 0.2) is 0 Å². The number of esters is 1. The number of aromatic nitrogens is 4. The van der Waals surface area contributed by atoms with Gasteiger partial charge in [0.05, 0.1) is 12.5 Å². The van der Waals surface area contributed by atoms with E-state index in [9.17, 15) is 4.79 Å². The number of rotatable bonds is 6. The molecule has 2 rings (SSSR count). The number of nitrogens with zero attached hydrogens (tertiary/aromatic N) is 4. The van der Waals surface area contributed by atoms with Gasteiger partial charge in [0.25, 0.3) is 5.78 Å². The predicted octanol–water partition coefficient (Wildman–Crippen LogP) is 1.69. The third-order valence-corrected chi connectivity index (χ3v) is 3.45. The molecule has 7 nitrogen and oxygen atoms in total. The molecule has 0 spiro atoms. The first kappa shape index (κ1) is 15.2. The highest BCUT2D eigenvalue weighted by Crippen LogP contribution is 2.16. The van der Waals surface area contributed by atoms with Crippen LogP contribution in [-0.4, -0.2) is 38.2 Å². The number of anilines is 1. The van der Waals surface area contributed by atoms with Crippen LogP contribution in [0.2, 0.25) is 0 Å². The number of aryl methyl sites for hydroxylation is 1. The highest BCUT2D eigenvalue weighted by Gasteiger charge is 2.22. The first-order valence-corrected chi connectivity index (χ1v) is 7.19. The lowest BCUT2D eigenvalue weighted by atomic mass is 10.0. The van der Waals surface area contributed by atoms with Gasteiger partial charge in [-0.05, 0) is 27.2 Å². The molecule has 0 bridgehead atoms. The average molecular weight is 291 g/mol. The van der Waals surface area contributed by atoms with E-state index in [0.717, 1.165) is 17.9 Å². The Kier molecular flexibility index (Phi) is 4.72. The van der Waals surface area contributed by atoms with Gasteiger partial charge in [-0.3, -0.25) is 4.79 Å². The van der Waals surface area contributed by atoms with E-state index >= 15 is 0 Å². The third-order valence-electron chi connectivity index (χ3n) is 3.45. The van der Waals surface area contributed by atoms with Crippen LogP contribution in [-0.2, 0) is 16.0 Å². The Hall–Kier alpha value is -2.18. The van der Waals surface area contributed by atoms with E-state index in [1.54, 1.807) is 11.4 Å². The van der Waals surface area contributed by atoms with Crippen LogP contribution in [0.15, 0.2) is 12.4 Å². The number of fused-ring (bicyclic) bond motifs is 1. The molecule has 2 aromatic heterocycles. The lowest BCUT2D eigenvalue weighted by Gasteiger charge is -2.21. The van der Waals surface area contributed by atoms with Crippen LogP contribution < -0.4 is 5.32 Å². The van der Waals surface area contributed by atoms with E-state index in [-0.39, 0.29) is 17.9 Å². The number of hydrogen-bond donors (Lipinski definition) is 1. The van der Waals surface area contributed by atoms with Crippen LogP contribution in [0, 0.1) is 5.92 Å². The van der Waals surface area contributed by atoms with Crippen molar-refractivity contribution in [2.45, 2.75) is 40.2 Å². The first-order valence-electron chi connectivity index (χ1n) is 7.19. The molecule has 2 atom stereocenters. The number of hydrogen-bond acceptors (Lipinski definition) is 6. The van der Waals surface area contributed by atoms with E-state index in [0.29, 0.717) is 12.4 Å².